The van der Waals surface area contributed by atoms with Crippen molar-refractivity contribution < 1.29 is 0 Å². The molecular weight excluding hydrogens is 188 g/mol. The molecule has 14 heavy (non-hydrogen) atoms. The van der Waals surface area contributed by atoms with Gasteiger partial charge >= 0.3 is 0 Å². The van der Waals surface area contributed by atoms with Gasteiger partial charge in [-0.1, -0.05) is 41.0 Å². The lowest BCUT2D eigenvalue weighted by atomic mass is 10.5. The molecule has 1 unspecified atom stereocenters. The van der Waals surface area contributed by atoms with Crippen molar-refractivity contribution in [2.45, 2.75) is 52.6 Å². The van der Waals surface area contributed by atoms with Crippen molar-refractivity contribution in [1.29, 1.82) is 0 Å². The average Bonchev–Trinajstić information content (AvgIpc) is 2.17. The van der Waals surface area contributed by atoms with Crippen molar-refractivity contribution in [2.75, 3.05) is 19.8 Å². The molecule has 0 amide bonds. The van der Waals surface area contributed by atoms with Crippen LogP contribution in [0.1, 0.15) is 41.0 Å². The van der Waals surface area contributed by atoms with Gasteiger partial charge in [0.2, 0.25) is 0 Å². The van der Waals surface area contributed by atoms with E-state index in [9.17, 15) is 0 Å². The van der Waals surface area contributed by atoms with Gasteiger partial charge < -0.3 is 4.98 Å². The molecule has 0 rings (SSSR count). The van der Waals surface area contributed by atoms with E-state index in [4.69, 9.17) is 0 Å². The number of hydrogen-bond donors (Lipinski definition) is 1. The Bertz CT molecular complexity index is 124. The van der Waals surface area contributed by atoms with Crippen LogP contribution in [-0.4, -0.2) is 33.6 Å². The molecule has 86 valence electrons. The third kappa shape index (κ3) is 5.78. The Morgan fingerprint density at radius 2 is 1.71 bits per heavy atom. The standard InChI is InChI=1S/C11H28N2Si/c1-6-9-14(11(4)5)12-10-13(7-2)8-3/h11-12,14H,6-10H2,1-5H3. The van der Waals surface area contributed by atoms with Crippen molar-refractivity contribution in [3.63, 3.8) is 0 Å². The second-order valence-corrected chi connectivity index (χ2v) is 7.84. The fraction of sp³-hybridized carbons (Fsp3) is 1.00. The first-order valence-electron chi connectivity index (χ1n) is 6.11. The van der Waals surface area contributed by atoms with Gasteiger partial charge in [-0.15, -0.1) is 0 Å². The first kappa shape index (κ1) is 14.1. The molecule has 3 heteroatoms. The van der Waals surface area contributed by atoms with E-state index in [2.05, 4.69) is 44.5 Å². The maximum Gasteiger partial charge on any atom is 0.112 e. The van der Waals surface area contributed by atoms with Gasteiger partial charge in [-0.3, -0.25) is 4.90 Å². The van der Waals surface area contributed by atoms with Crippen LogP contribution >= 0.6 is 0 Å². The Kier molecular flexibility index (Phi) is 8.53. The Balaban J connectivity index is 3.79. The van der Waals surface area contributed by atoms with Crippen LogP contribution in [0, 0.1) is 0 Å². The molecule has 0 saturated heterocycles. The Morgan fingerprint density at radius 1 is 1.14 bits per heavy atom. The van der Waals surface area contributed by atoms with E-state index in [-0.39, 0.29) is 0 Å². The van der Waals surface area contributed by atoms with Gasteiger partial charge in [-0.2, -0.15) is 0 Å². The van der Waals surface area contributed by atoms with Crippen molar-refractivity contribution >= 4 is 8.96 Å². The molecular formula is C11H28N2Si. The van der Waals surface area contributed by atoms with Gasteiger partial charge in [-0.25, -0.2) is 0 Å². The van der Waals surface area contributed by atoms with E-state index in [1.165, 1.54) is 12.5 Å². The van der Waals surface area contributed by atoms with Gasteiger partial charge in [0, 0.05) is 6.67 Å². The molecule has 0 fully saturated rings. The molecule has 0 bridgehead atoms. The summed E-state index contributed by atoms with van der Waals surface area (Å²) in [5.41, 5.74) is 0.880. The number of rotatable bonds is 8. The Morgan fingerprint density at radius 3 is 2.07 bits per heavy atom. The highest BCUT2D eigenvalue weighted by molar-refractivity contribution is 6.57. The summed E-state index contributed by atoms with van der Waals surface area (Å²) >= 11 is 0. The molecule has 1 N–H and O–H groups in total. The predicted molar refractivity (Wildman–Crippen MR) is 68.3 cm³/mol. The summed E-state index contributed by atoms with van der Waals surface area (Å²) in [6.45, 7) is 14.9. The highest BCUT2D eigenvalue weighted by Gasteiger charge is 2.14. The monoisotopic (exact) mass is 216 g/mol. The Hall–Kier alpha value is 0.137. The van der Waals surface area contributed by atoms with E-state index >= 15 is 0 Å². The molecule has 0 aromatic heterocycles. The molecule has 0 saturated carbocycles. The smallest absolute Gasteiger partial charge is 0.112 e. The Labute approximate surface area is 91.8 Å². The minimum atomic E-state index is -0.683. The van der Waals surface area contributed by atoms with Crippen molar-refractivity contribution in [3.8, 4) is 0 Å². The van der Waals surface area contributed by atoms with Crippen LogP contribution in [0.2, 0.25) is 11.6 Å². The summed E-state index contributed by atoms with van der Waals surface area (Å²) < 4.78 is 0. The summed E-state index contributed by atoms with van der Waals surface area (Å²) in [5, 5.41) is 0. The number of nitrogens with one attached hydrogen (secondary N) is 1. The predicted octanol–water partition coefficient (Wildman–Crippen LogP) is 2.42. The van der Waals surface area contributed by atoms with Crippen LogP contribution in [-0.2, 0) is 0 Å². The van der Waals surface area contributed by atoms with E-state index in [1.807, 2.05) is 0 Å². The zero-order valence-electron chi connectivity index (χ0n) is 10.6. The van der Waals surface area contributed by atoms with Crippen LogP contribution in [0.5, 0.6) is 0 Å². The summed E-state index contributed by atoms with van der Waals surface area (Å²) in [6, 6.07) is 1.43. The van der Waals surface area contributed by atoms with Gasteiger partial charge in [-0.05, 0) is 24.7 Å². The van der Waals surface area contributed by atoms with E-state index in [0.29, 0.717) is 0 Å². The second-order valence-electron chi connectivity index (χ2n) is 4.30. The van der Waals surface area contributed by atoms with Crippen LogP contribution in [0.15, 0.2) is 0 Å². The minimum absolute atomic E-state index is 0.683. The lowest BCUT2D eigenvalue weighted by Gasteiger charge is -2.25. The van der Waals surface area contributed by atoms with Gasteiger partial charge in [0.1, 0.15) is 8.96 Å². The average molecular weight is 216 g/mol. The highest BCUT2D eigenvalue weighted by Crippen LogP contribution is 2.10. The highest BCUT2D eigenvalue weighted by atomic mass is 28.3. The first-order chi connectivity index (χ1) is 6.65. The molecule has 1 atom stereocenters. The maximum atomic E-state index is 3.79. The zero-order valence-corrected chi connectivity index (χ0v) is 11.8. The van der Waals surface area contributed by atoms with Crippen molar-refractivity contribution in [3.05, 3.63) is 0 Å². The van der Waals surface area contributed by atoms with Crippen molar-refractivity contribution in [1.82, 2.24) is 9.88 Å². The van der Waals surface area contributed by atoms with E-state index in [0.717, 1.165) is 25.3 Å². The second kappa shape index (κ2) is 8.45. The summed E-state index contributed by atoms with van der Waals surface area (Å²) in [7, 11) is -0.683. The minimum Gasteiger partial charge on any atom is -0.327 e. The van der Waals surface area contributed by atoms with Crippen LogP contribution in [0.3, 0.4) is 0 Å². The topological polar surface area (TPSA) is 15.3 Å². The lowest BCUT2D eigenvalue weighted by Crippen LogP contribution is -2.44. The van der Waals surface area contributed by atoms with Crippen LogP contribution in [0.25, 0.3) is 0 Å². The zero-order chi connectivity index (χ0) is 11.0. The fourth-order valence-electron chi connectivity index (χ4n) is 1.68. The van der Waals surface area contributed by atoms with Gasteiger partial charge in [0.05, 0.1) is 0 Å². The molecule has 0 spiro atoms. The largest absolute Gasteiger partial charge is 0.327 e. The van der Waals surface area contributed by atoms with Gasteiger partial charge in [0.15, 0.2) is 0 Å². The number of hydrogen-bond acceptors (Lipinski definition) is 2. The van der Waals surface area contributed by atoms with E-state index < -0.39 is 8.96 Å². The molecule has 0 aliphatic heterocycles. The quantitative estimate of drug-likeness (QED) is 0.495. The molecule has 0 aliphatic rings. The third-order valence-corrected chi connectivity index (χ3v) is 6.39. The maximum absolute atomic E-state index is 3.79. The molecule has 0 heterocycles. The lowest BCUT2D eigenvalue weighted by molar-refractivity contribution is 0.299. The molecule has 2 nitrogen and oxygen atoms in total. The fourth-order valence-corrected chi connectivity index (χ4v) is 4.13. The summed E-state index contributed by atoms with van der Waals surface area (Å²) in [5.74, 6) is 0. The normalized spacial score (nSPS) is 13.9. The summed E-state index contributed by atoms with van der Waals surface area (Å²) in [6.07, 6.45) is 1.33. The van der Waals surface area contributed by atoms with Gasteiger partial charge in [0.25, 0.3) is 0 Å². The van der Waals surface area contributed by atoms with Crippen LogP contribution in [0.4, 0.5) is 0 Å². The van der Waals surface area contributed by atoms with Crippen molar-refractivity contribution in [2.24, 2.45) is 0 Å². The molecule has 0 aromatic rings. The molecule has 0 aliphatic carbocycles. The number of nitrogens with zero attached hydrogens (tertiary/aromatic N) is 1. The summed E-state index contributed by atoms with van der Waals surface area (Å²) in [4.78, 5) is 6.24. The SMILES string of the molecule is CCC[SiH](NCN(CC)CC)C(C)C. The third-order valence-electron chi connectivity index (χ3n) is 2.88. The molecule has 0 aromatic carbocycles. The molecule has 0 radical (unpaired) electrons. The first-order valence-corrected chi connectivity index (χ1v) is 8.17. The van der Waals surface area contributed by atoms with Crippen LogP contribution < -0.4 is 4.98 Å². The van der Waals surface area contributed by atoms with E-state index in [1.54, 1.807) is 0 Å².